The van der Waals surface area contributed by atoms with Gasteiger partial charge in [0.25, 0.3) is 5.91 Å². The number of nitrogens with zero attached hydrogens (tertiary/aromatic N) is 2. The van der Waals surface area contributed by atoms with Gasteiger partial charge >= 0.3 is 0 Å². The SMILES string of the molecule is C[C@]12C(=O)N(C3CCCCCC3)CC(=O)N1C[C@@H](c1ccccc1Cl)c1c2[nH]c2ccccc12. The zero-order valence-corrected chi connectivity index (χ0v) is 20.3. The number of piperazine rings is 1. The summed E-state index contributed by atoms with van der Waals surface area (Å²) in [5.41, 5.74) is 2.85. The average Bonchev–Trinajstić information content (AvgIpc) is 3.03. The molecule has 6 heteroatoms. The van der Waals surface area contributed by atoms with Crippen LogP contribution in [0.15, 0.2) is 48.5 Å². The Labute approximate surface area is 205 Å². The lowest BCUT2D eigenvalue weighted by Gasteiger charge is -2.53. The zero-order valence-electron chi connectivity index (χ0n) is 19.5. The van der Waals surface area contributed by atoms with Gasteiger partial charge in [-0.25, -0.2) is 0 Å². The Morgan fingerprint density at radius 2 is 1.68 bits per heavy atom. The molecule has 3 aromatic rings. The molecule has 2 amide bonds. The van der Waals surface area contributed by atoms with Crippen molar-refractivity contribution in [3.8, 4) is 0 Å². The highest BCUT2D eigenvalue weighted by molar-refractivity contribution is 6.31. The summed E-state index contributed by atoms with van der Waals surface area (Å²) in [6, 6.07) is 16.2. The number of aromatic nitrogens is 1. The number of halogens is 1. The summed E-state index contributed by atoms with van der Waals surface area (Å²) >= 11 is 6.67. The number of para-hydroxylation sites is 1. The predicted molar refractivity (Wildman–Crippen MR) is 134 cm³/mol. The van der Waals surface area contributed by atoms with E-state index in [9.17, 15) is 9.59 Å². The van der Waals surface area contributed by atoms with Crippen LogP contribution in [0.4, 0.5) is 0 Å². The van der Waals surface area contributed by atoms with E-state index in [-0.39, 0.29) is 30.3 Å². The normalized spacial score (nSPS) is 25.9. The molecule has 0 unspecified atom stereocenters. The highest BCUT2D eigenvalue weighted by atomic mass is 35.5. The van der Waals surface area contributed by atoms with Gasteiger partial charge in [0.05, 0.1) is 5.69 Å². The second-order valence-electron chi connectivity index (χ2n) is 10.2. The van der Waals surface area contributed by atoms with Gasteiger partial charge in [-0.2, -0.15) is 0 Å². The standard InChI is InChI=1S/C28H30ClN3O2/c1-28-26-25(20-13-7-9-15-23(20)30-26)21(19-12-6-8-14-22(19)29)16-32(28)24(33)17-31(27(28)34)18-10-4-2-3-5-11-18/h6-9,12-15,18,21,30H,2-5,10-11,16-17H2,1H3/t21-,28-/m0/s1. The number of amides is 2. The number of fused-ring (bicyclic) bond motifs is 5. The summed E-state index contributed by atoms with van der Waals surface area (Å²) in [4.78, 5) is 35.3. The van der Waals surface area contributed by atoms with Crippen molar-refractivity contribution in [2.45, 2.75) is 62.9 Å². The largest absolute Gasteiger partial charge is 0.356 e. The van der Waals surface area contributed by atoms with Gasteiger partial charge in [-0.05, 0) is 43.0 Å². The highest BCUT2D eigenvalue weighted by Gasteiger charge is 2.57. The van der Waals surface area contributed by atoms with Crippen molar-refractivity contribution in [1.29, 1.82) is 0 Å². The molecule has 176 valence electrons. The van der Waals surface area contributed by atoms with Crippen molar-refractivity contribution in [3.05, 3.63) is 70.4 Å². The van der Waals surface area contributed by atoms with E-state index in [2.05, 4.69) is 11.1 Å². The van der Waals surface area contributed by atoms with Gasteiger partial charge in [0.2, 0.25) is 5.91 Å². The van der Waals surface area contributed by atoms with E-state index >= 15 is 0 Å². The lowest BCUT2D eigenvalue weighted by molar-refractivity contribution is -0.169. The van der Waals surface area contributed by atoms with E-state index in [0.717, 1.165) is 53.4 Å². The number of benzene rings is 2. The van der Waals surface area contributed by atoms with Crippen molar-refractivity contribution >= 4 is 34.3 Å². The fraction of sp³-hybridized carbons (Fsp3) is 0.429. The van der Waals surface area contributed by atoms with E-state index in [1.807, 2.05) is 59.2 Å². The number of rotatable bonds is 2. The van der Waals surface area contributed by atoms with Crippen molar-refractivity contribution in [2.75, 3.05) is 13.1 Å². The molecule has 1 aliphatic carbocycles. The summed E-state index contributed by atoms with van der Waals surface area (Å²) < 4.78 is 0. The lowest BCUT2D eigenvalue weighted by atomic mass is 9.76. The predicted octanol–water partition coefficient (Wildman–Crippen LogP) is 5.58. The van der Waals surface area contributed by atoms with Gasteiger partial charge in [0.15, 0.2) is 5.54 Å². The molecule has 3 heterocycles. The molecule has 1 saturated heterocycles. The van der Waals surface area contributed by atoms with Crippen LogP contribution in [0.2, 0.25) is 5.02 Å². The van der Waals surface area contributed by atoms with Crippen LogP contribution in [0.5, 0.6) is 0 Å². The van der Waals surface area contributed by atoms with E-state index in [4.69, 9.17) is 11.6 Å². The maximum atomic E-state index is 14.3. The first-order chi connectivity index (χ1) is 16.5. The molecule has 34 heavy (non-hydrogen) atoms. The third-order valence-electron chi connectivity index (χ3n) is 8.32. The molecule has 6 rings (SSSR count). The molecule has 1 N–H and O–H groups in total. The van der Waals surface area contributed by atoms with Gasteiger partial charge in [-0.15, -0.1) is 0 Å². The second-order valence-corrected chi connectivity index (χ2v) is 10.6. The summed E-state index contributed by atoms with van der Waals surface area (Å²) in [7, 11) is 0. The molecular weight excluding hydrogens is 446 g/mol. The lowest BCUT2D eigenvalue weighted by Crippen LogP contribution is -2.68. The third kappa shape index (κ3) is 3.13. The maximum absolute atomic E-state index is 14.3. The molecule has 0 radical (unpaired) electrons. The Hall–Kier alpha value is -2.79. The third-order valence-corrected chi connectivity index (χ3v) is 8.66. The fourth-order valence-corrected chi connectivity index (χ4v) is 6.80. The van der Waals surface area contributed by atoms with Crippen molar-refractivity contribution < 1.29 is 9.59 Å². The van der Waals surface area contributed by atoms with Gasteiger partial charge < -0.3 is 14.8 Å². The Morgan fingerprint density at radius 1 is 0.971 bits per heavy atom. The molecule has 2 atom stereocenters. The minimum absolute atomic E-state index is 0.0210. The summed E-state index contributed by atoms with van der Waals surface area (Å²) in [5.74, 6) is -0.0359. The molecule has 2 fully saturated rings. The Kier molecular flexibility index (Phi) is 5.21. The van der Waals surface area contributed by atoms with E-state index in [1.54, 1.807) is 0 Å². The number of nitrogens with one attached hydrogen (secondary N) is 1. The number of carbonyl (C=O) groups excluding carboxylic acids is 2. The topological polar surface area (TPSA) is 56.4 Å². The van der Waals surface area contributed by atoms with E-state index in [0.29, 0.717) is 11.6 Å². The summed E-state index contributed by atoms with van der Waals surface area (Å²) in [6.07, 6.45) is 6.63. The fourth-order valence-electron chi connectivity index (χ4n) is 6.53. The first kappa shape index (κ1) is 21.7. The molecular formula is C28H30ClN3O2. The minimum Gasteiger partial charge on any atom is -0.356 e. The van der Waals surface area contributed by atoms with Gasteiger partial charge in [-0.1, -0.05) is 73.7 Å². The van der Waals surface area contributed by atoms with Crippen LogP contribution in [0.25, 0.3) is 10.9 Å². The number of H-pyrrole nitrogens is 1. The average molecular weight is 476 g/mol. The van der Waals surface area contributed by atoms with Crippen LogP contribution >= 0.6 is 11.6 Å². The van der Waals surface area contributed by atoms with Crippen LogP contribution in [-0.2, 0) is 15.1 Å². The van der Waals surface area contributed by atoms with Crippen LogP contribution in [0.3, 0.4) is 0 Å². The van der Waals surface area contributed by atoms with Gasteiger partial charge in [0, 0.05) is 34.4 Å². The van der Waals surface area contributed by atoms with Gasteiger partial charge in [0.1, 0.15) is 6.54 Å². The zero-order chi connectivity index (χ0) is 23.4. The Bertz CT molecular complexity index is 1280. The summed E-state index contributed by atoms with van der Waals surface area (Å²) in [6.45, 7) is 2.55. The number of hydrogen-bond donors (Lipinski definition) is 1. The smallest absolute Gasteiger partial charge is 0.255 e. The molecule has 0 bridgehead atoms. The molecule has 2 aromatic carbocycles. The van der Waals surface area contributed by atoms with E-state index < -0.39 is 5.54 Å². The van der Waals surface area contributed by atoms with Crippen LogP contribution in [0.1, 0.15) is 68.2 Å². The summed E-state index contributed by atoms with van der Waals surface area (Å²) in [5, 5.41) is 1.78. The molecule has 5 nitrogen and oxygen atoms in total. The molecule has 2 aliphatic heterocycles. The Balaban J connectivity index is 1.53. The molecule has 0 spiro atoms. The molecule has 1 saturated carbocycles. The van der Waals surface area contributed by atoms with Crippen molar-refractivity contribution in [2.24, 2.45) is 0 Å². The van der Waals surface area contributed by atoms with Crippen molar-refractivity contribution in [1.82, 2.24) is 14.8 Å². The Morgan fingerprint density at radius 3 is 2.44 bits per heavy atom. The first-order valence-electron chi connectivity index (χ1n) is 12.5. The second kappa shape index (κ2) is 8.16. The highest BCUT2D eigenvalue weighted by Crippen LogP contribution is 2.49. The van der Waals surface area contributed by atoms with Gasteiger partial charge in [-0.3, -0.25) is 9.59 Å². The number of carbonyl (C=O) groups is 2. The van der Waals surface area contributed by atoms with Crippen molar-refractivity contribution in [3.63, 3.8) is 0 Å². The quantitative estimate of drug-likeness (QED) is 0.492. The van der Waals surface area contributed by atoms with Crippen LogP contribution < -0.4 is 0 Å². The van der Waals surface area contributed by atoms with E-state index in [1.165, 1.54) is 12.8 Å². The van der Waals surface area contributed by atoms with Crippen LogP contribution in [-0.4, -0.2) is 45.7 Å². The first-order valence-corrected chi connectivity index (χ1v) is 12.8. The van der Waals surface area contributed by atoms with Crippen LogP contribution in [0, 0.1) is 0 Å². The maximum Gasteiger partial charge on any atom is 0.255 e. The molecule has 3 aliphatic rings. The number of aromatic amines is 1. The minimum atomic E-state index is -1.05. The number of hydrogen-bond acceptors (Lipinski definition) is 2. The monoisotopic (exact) mass is 475 g/mol. The molecule has 1 aromatic heterocycles.